The Labute approximate surface area is 156 Å². The van der Waals surface area contributed by atoms with Gasteiger partial charge in [0.25, 0.3) is 0 Å². The van der Waals surface area contributed by atoms with Crippen molar-refractivity contribution in [2.75, 3.05) is 0 Å². The Bertz CT molecular complexity index is 861. The topological polar surface area (TPSA) is 62.5 Å². The highest BCUT2D eigenvalue weighted by Crippen LogP contribution is 2.23. The summed E-state index contributed by atoms with van der Waals surface area (Å²) in [7, 11) is 0. The lowest BCUT2D eigenvalue weighted by molar-refractivity contribution is 0.0697. The fourth-order valence-corrected chi connectivity index (χ4v) is 2.60. The van der Waals surface area contributed by atoms with Crippen LogP contribution >= 0.6 is 24.0 Å². The zero-order chi connectivity index (χ0) is 16.9. The summed E-state index contributed by atoms with van der Waals surface area (Å²) in [6.07, 6.45) is 0. The summed E-state index contributed by atoms with van der Waals surface area (Å²) in [4.78, 5) is 11.0. The fourth-order valence-electron chi connectivity index (χ4n) is 2.40. The average Bonchev–Trinajstić information content (AvgIpc) is 3.06. The van der Waals surface area contributed by atoms with Gasteiger partial charge >= 0.3 is 5.97 Å². The first-order chi connectivity index (χ1) is 11.6. The van der Waals surface area contributed by atoms with Gasteiger partial charge in [0, 0.05) is 17.1 Å². The van der Waals surface area contributed by atoms with Crippen molar-refractivity contribution in [2.24, 2.45) is 0 Å². The minimum atomic E-state index is -0.954. The molecule has 3 aromatic rings. The minimum Gasteiger partial charge on any atom is -0.478 e. The molecule has 0 atom stereocenters. The number of hydrogen-bond donors (Lipinski definition) is 2. The molecule has 0 fully saturated rings. The molecule has 0 bridgehead atoms. The molecule has 0 amide bonds. The SMILES string of the molecule is Cl.O=C(O)c1cccc(-c2ccc(CNCc3ccccc3Cl)o2)c1. The maximum Gasteiger partial charge on any atom is 0.335 e. The third-order valence-corrected chi connectivity index (χ3v) is 4.00. The van der Waals surface area contributed by atoms with E-state index in [1.54, 1.807) is 18.2 Å². The summed E-state index contributed by atoms with van der Waals surface area (Å²) in [6.45, 7) is 1.20. The number of carboxylic acid groups (broad SMARTS) is 1. The van der Waals surface area contributed by atoms with Crippen LogP contribution in [0.2, 0.25) is 5.02 Å². The van der Waals surface area contributed by atoms with Crippen molar-refractivity contribution in [2.45, 2.75) is 13.1 Å². The number of benzene rings is 2. The molecule has 130 valence electrons. The van der Waals surface area contributed by atoms with Crippen LogP contribution in [-0.4, -0.2) is 11.1 Å². The largest absolute Gasteiger partial charge is 0.478 e. The van der Waals surface area contributed by atoms with Gasteiger partial charge in [-0.05, 0) is 35.9 Å². The van der Waals surface area contributed by atoms with Gasteiger partial charge in [0.15, 0.2) is 0 Å². The van der Waals surface area contributed by atoms with Gasteiger partial charge in [-0.3, -0.25) is 0 Å². The summed E-state index contributed by atoms with van der Waals surface area (Å²) >= 11 is 6.12. The quantitative estimate of drug-likeness (QED) is 0.633. The van der Waals surface area contributed by atoms with Crippen molar-refractivity contribution in [3.05, 3.63) is 82.6 Å². The van der Waals surface area contributed by atoms with E-state index in [0.29, 0.717) is 18.8 Å². The number of halogens is 2. The van der Waals surface area contributed by atoms with Crippen LogP contribution in [0.15, 0.2) is 65.1 Å². The molecule has 0 saturated heterocycles. The van der Waals surface area contributed by atoms with Crippen LogP contribution in [-0.2, 0) is 13.1 Å². The van der Waals surface area contributed by atoms with Gasteiger partial charge < -0.3 is 14.8 Å². The maximum atomic E-state index is 11.0. The lowest BCUT2D eigenvalue weighted by Gasteiger charge is -2.05. The molecule has 0 saturated carbocycles. The first kappa shape index (κ1) is 19.1. The van der Waals surface area contributed by atoms with Crippen molar-refractivity contribution < 1.29 is 14.3 Å². The second-order valence-electron chi connectivity index (χ2n) is 5.35. The summed E-state index contributed by atoms with van der Waals surface area (Å²) < 4.78 is 5.78. The lowest BCUT2D eigenvalue weighted by atomic mass is 10.1. The third-order valence-electron chi connectivity index (χ3n) is 3.63. The number of nitrogens with one attached hydrogen (secondary N) is 1. The molecule has 25 heavy (non-hydrogen) atoms. The zero-order valence-electron chi connectivity index (χ0n) is 13.2. The molecule has 0 aliphatic carbocycles. The van der Waals surface area contributed by atoms with E-state index in [1.807, 2.05) is 42.5 Å². The van der Waals surface area contributed by atoms with Crippen LogP contribution < -0.4 is 5.32 Å². The van der Waals surface area contributed by atoms with Crippen LogP contribution in [0, 0.1) is 0 Å². The van der Waals surface area contributed by atoms with Crippen molar-refractivity contribution in [1.29, 1.82) is 0 Å². The molecule has 3 rings (SSSR count). The molecular weight excluding hydrogens is 361 g/mol. The predicted octanol–water partition coefficient (Wildman–Crippen LogP) is 5.01. The van der Waals surface area contributed by atoms with Crippen molar-refractivity contribution in [3.8, 4) is 11.3 Å². The summed E-state index contributed by atoms with van der Waals surface area (Å²) in [5, 5.41) is 13.1. The van der Waals surface area contributed by atoms with Gasteiger partial charge in [-0.2, -0.15) is 0 Å². The van der Waals surface area contributed by atoms with Crippen molar-refractivity contribution >= 4 is 30.0 Å². The van der Waals surface area contributed by atoms with E-state index in [4.69, 9.17) is 21.1 Å². The Morgan fingerprint density at radius 2 is 1.84 bits per heavy atom. The van der Waals surface area contributed by atoms with E-state index >= 15 is 0 Å². The van der Waals surface area contributed by atoms with Crippen LogP contribution in [0.4, 0.5) is 0 Å². The minimum absolute atomic E-state index is 0. The van der Waals surface area contributed by atoms with Crippen molar-refractivity contribution in [1.82, 2.24) is 5.32 Å². The molecule has 2 aromatic carbocycles. The summed E-state index contributed by atoms with van der Waals surface area (Å²) in [5.41, 5.74) is 2.01. The average molecular weight is 378 g/mol. The fraction of sp³-hybridized carbons (Fsp3) is 0.105. The van der Waals surface area contributed by atoms with Crippen LogP contribution in [0.3, 0.4) is 0 Å². The Balaban J connectivity index is 0.00000225. The highest BCUT2D eigenvalue weighted by molar-refractivity contribution is 6.31. The van der Waals surface area contributed by atoms with Gasteiger partial charge in [-0.15, -0.1) is 12.4 Å². The number of hydrogen-bond acceptors (Lipinski definition) is 3. The molecule has 1 aromatic heterocycles. The van der Waals surface area contributed by atoms with E-state index in [2.05, 4.69) is 5.32 Å². The van der Waals surface area contributed by atoms with Crippen molar-refractivity contribution in [3.63, 3.8) is 0 Å². The molecule has 6 heteroatoms. The number of aromatic carboxylic acids is 1. The highest BCUT2D eigenvalue weighted by Gasteiger charge is 2.08. The zero-order valence-corrected chi connectivity index (χ0v) is 14.8. The molecule has 4 nitrogen and oxygen atoms in total. The highest BCUT2D eigenvalue weighted by atomic mass is 35.5. The Morgan fingerprint density at radius 3 is 2.60 bits per heavy atom. The normalized spacial score (nSPS) is 10.3. The van der Waals surface area contributed by atoms with E-state index < -0.39 is 5.97 Å². The Morgan fingerprint density at radius 1 is 1.04 bits per heavy atom. The predicted molar refractivity (Wildman–Crippen MR) is 100 cm³/mol. The van der Waals surface area contributed by atoms with Gasteiger partial charge in [-0.25, -0.2) is 4.79 Å². The maximum absolute atomic E-state index is 11.0. The van der Waals surface area contributed by atoms with Crippen LogP contribution in [0.1, 0.15) is 21.7 Å². The summed E-state index contributed by atoms with van der Waals surface area (Å²) in [5.74, 6) is 0.468. The molecule has 0 aliphatic rings. The van der Waals surface area contributed by atoms with E-state index in [9.17, 15) is 4.79 Å². The number of furan rings is 1. The first-order valence-electron chi connectivity index (χ1n) is 7.50. The Kier molecular flexibility index (Phi) is 6.65. The molecule has 1 heterocycles. The first-order valence-corrected chi connectivity index (χ1v) is 7.88. The lowest BCUT2D eigenvalue weighted by Crippen LogP contribution is -2.12. The van der Waals surface area contributed by atoms with Gasteiger partial charge in [0.2, 0.25) is 0 Å². The number of carboxylic acids is 1. The smallest absolute Gasteiger partial charge is 0.335 e. The van der Waals surface area contributed by atoms with E-state index in [-0.39, 0.29) is 18.0 Å². The summed E-state index contributed by atoms with van der Waals surface area (Å²) in [6, 6.07) is 18.1. The van der Waals surface area contributed by atoms with Crippen LogP contribution in [0.5, 0.6) is 0 Å². The molecule has 0 aliphatic heterocycles. The van der Waals surface area contributed by atoms with Gasteiger partial charge in [0.1, 0.15) is 11.5 Å². The second-order valence-corrected chi connectivity index (χ2v) is 5.75. The molecule has 2 N–H and O–H groups in total. The monoisotopic (exact) mass is 377 g/mol. The molecule has 0 unspecified atom stereocenters. The Hall–Kier alpha value is -2.27. The number of rotatable bonds is 6. The standard InChI is InChI=1S/C19H16ClNO3.ClH/c20-17-7-2-1-4-15(17)11-21-12-16-8-9-18(24-16)13-5-3-6-14(10-13)19(22)23;/h1-10,21H,11-12H2,(H,22,23);1H. The van der Waals surface area contributed by atoms with E-state index in [0.717, 1.165) is 21.9 Å². The van der Waals surface area contributed by atoms with Gasteiger partial charge in [0.05, 0.1) is 12.1 Å². The van der Waals surface area contributed by atoms with Crippen LogP contribution in [0.25, 0.3) is 11.3 Å². The second kappa shape index (κ2) is 8.72. The molecule has 0 radical (unpaired) electrons. The molecule has 0 spiro atoms. The number of carbonyl (C=O) groups is 1. The van der Waals surface area contributed by atoms with E-state index in [1.165, 1.54) is 0 Å². The molecular formula is C19H17Cl2NO3. The third kappa shape index (κ3) is 4.86. The van der Waals surface area contributed by atoms with Gasteiger partial charge in [-0.1, -0.05) is 41.9 Å².